The Kier molecular flexibility index (Phi) is 12.6. The summed E-state index contributed by atoms with van der Waals surface area (Å²) in [6.07, 6.45) is 0. The summed E-state index contributed by atoms with van der Waals surface area (Å²) in [6, 6.07) is 42.6. The van der Waals surface area contributed by atoms with Gasteiger partial charge in [0.2, 0.25) is 0 Å². The van der Waals surface area contributed by atoms with Gasteiger partial charge in [-0.3, -0.25) is 4.79 Å². The molecule has 4 N–H and O–H groups in total. The van der Waals surface area contributed by atoms with Crippen molar-refractivity contribution in [2.45, 2.75) is 0 Å². The maximum Gasteiger partial charge on any atom is 0.179 e. The summed E-state index contributed by atoms with van der Waals surface area (Å²) in [7, 11) is 0. The van der Waals surface area contributed by atoms with Gasteiger partial charge in [0.25, 0.3) is 0 Å². The highest BCUT2D eigenvalue weighted by molar-refractivity contribution is 7.81. The monoisotopic (exact) mass is 745 g/mol. The molecule has 6 aromatic rings. The highest BCUT2D eigenvalue weighted by Gasteiger charge is 2.14. The number of hydrogen-bond donors (Lipinski definition) is 5. The zero-order chi connectivity index (χ0) is 37.7. The summed E-state index contributed by atoms with van der Waals surface area (Å²) in [4.78, 5) is 15.4. The van der Waals surface area contributed by atoms with Crippen molar-refractivity contribution in [1.82, 2.24) is 0 Å². The fourth-order valence-corrected chi connectivity index (χ4v) is 5.26. The van der Waals surface area contributed by atoms with E-state index < -0.39 is 0 Å². The van der Waals surface area contributed by atoms with Crippen molar-refractivity contribution in [1.29, 1.82) is 0 Å². The van der Waals surface area contributed by atoms with Crippen molar-refractivity contribution in [3.8, 4) is 51.7 Å². The second-order valence-electron chi connectivity index (χ2n) is 12.0. The van der Waals surface area contributed by atoms with Gasteiger partial charge in [-0.15, -0.1) is 0 Å². The number of Topliss-reactive ketones (excluding diaryl/α,β-unsaturated/α-hetero) is 1. The normalized spacial score (nSPS) is 10.6. The fraction of sp³-hybridized carbons (Fsp3) is 0.119. The molecule has 0 saturated carbocycles. The molecule has 0 unspecified atom stereocenters. The van der Waals surface area contributed by atoms with Crippen molar-refractivity contribution in [3.05, 3.63) is 146 Å². The number of carbonyl (C=O) groups is 1. The van der Waals surface area contributed by atoms with Crippen LogP contribution in [0.5, 0.6) is 51.7 Å². The van der Waals surface area contributed by atoms with Crippen LogP contribution >= 0.6 is 12.6 Å². The van der Waals surface area contributed by atoms with E-state index in [2.05, 4.69) is 22.8 Å². The Morgan fingerprint density at radius 2 is 0.907 bits per heavy atom. The number of phenolic OH excluding ortho intramolecular Hbond substituents is 2. The largest absolute Gasteiger partial charge is 0.508 e. The summed E-state index contributed by atoms with van der Waals surface area (Å²) in [5.74, 6) is 4.60. The molecule has 0 heterocycles. The fourth-order valence-electron chi connectivity index (χ4n) is 5.16. The van der Waals surface area contributed by atoms with E-state index in [1.54, 1.807) is 72.8 Å². The van der Waals surface area contributed by atoms with E-state index in [0.717, 1.165) is 17.1 Å². The van der Waals surface area contributed by atoms with E-state index in [-0.39, 0.29) is 36.4 Å². The molecule has 0 spiro atoms. The van der Waals surface area contributed by atoms with Gasteiger partial charge in [0.15, 0.2) is 5.78 Å². The van der Waals surface area contributed by atoms with Gasteiger partial charge in [0, 0.05) is 17.1 Å². The van der Waals surface area contributed by atoms with Gasteiger partial charge in [-0.25, -0.2) is 0 Å². The molecule has 11 nitrogen and oxygen atoms in total. The van der Waals surface area contributed by atoms with Crippen molar-refractivity contribution in [3.63, 3.8) is 0 Å². The molecule has 0 radical (unpaired) electrons. The smallest absolute Gasteiger partial charge is 0.179 e. The van der Waals surface area contributed by atoms with Gasteiger partial charge < -0.3 is 49.4 Å². The molecule has 276 valence electrons. The maximum absolute atomic E-state index is 11.5. The van der Waals surface area contributed by atoms with Gasteiger partial charge in [0.1, 0.15) is 65.1 Å². The lowest BCUT2D eigenvalue weighted by Gasteiger charge is -2.33. The summed E-state index contributed by atoms with van der Waals surface area (Å²) in [5, 5.41) is 33.1. The predicted molar refractivity (Wildman–Crippen MR) is 212 cm³/mol. The van der Waals surface area contributed by atoms with Crippen LogP contribution in [-0.4, -0.2) is 53.5 Å². The number of anilines is 3. The van der Waals surface area contributed by atoms with E-state index in [1.807, 2.05) is 77.7 Å². The summed E-state index contributed by atoms with van der Waals surface area (Å²) in [5.41, 5.74) is 2.50. The molecule has 0 aliphatic rings. The van der Waals surface area contributed by atoms with E-state index in [9.17, 15) is 20.1 Å². The van der Waals surface area contributed by atoms with Crippen molar-refractivity contribution in [2.24, 2.45) is 0 Å². The third-order valence-electron chi connectivity index (χ3n) is 8.02. The lowest BCUT2D eigenvalue weighted by Crippen LogP contribution is -2.41. The van der Waals surface area contributed by atoms with Gasteiger partial charge >= 0.3 is 0 Å². The highest BCUT2D eigenvalue weighted by atomic mass is 32.1. The lowest BCUT2D eigenvalue weighted by atomic mass is 10.2. The molecule has 54 heavy (non-hydrogen) atoms. The van der Waals surface area contributed by atoms with Gasteiger partial charge in [-0.05, 0) is 146 Å². The molecular weight excluding hydrogens is 707 g/mol. The molecule has 6 aromatic carbocycles. The molecule has 12 heteroatoms. The van der Waals surface area contributed by atoms with Gasteiger partial charge in [0.05, 0.1) is 19.1 Å². The minimum absolute atomic E-state index is 0.0360. The second-order valence-corrected chi connectivity index (χ2v) is 12.3. The van der Waals surface area contributed by atoms with E-state index in [1.165, 1.54) is 0 Å². The quantitative estimate of drug-likeness (QED) is 0.0428. The molecule has 0 aliphatic heterocycles. The molecule has 0 fully saturated rings. The summed E-state index contributed by atoms with van der Waals surface area (Å²) >= 11 is 3.97. The standard InChI is InChI=1S/C42H39N3O8S/c46-29-45(32-5-15-39(16-6-32)52-41-19-9-34(48)10-20-41)28-44(27-43-30-1-11-37(12-2-30)51-40-17-7-33(47)8-18-40)31-3-13-38(14-4-31)53-42-23-21-36(22-24-42)50-25-35(49)26-54/h1-24,43,46-48,54H,25-29H2. The van der Waals surface area contributed by atoms with Crippen molar-refractivity contribution < 1.29 is 39.1 Å². The number of aromatic hydroxyl groups is 2. The van der Waals surface area contributed by atoms with Crippen LogP contribution in [-0.2, 0) is 4.79 Å². The Balaban J connectivity index is 1.14. The number of nitrogens with one attached hydrogen (secondary N) is 1. The molecule has 0 amide bonds. The minimum atomic E-state index is -0.248. The molecule has 0 bridgehead atoms. The Hall–Kier alpha value is -6.50. The number of rotatable bonds is 18. The first-order valence-corrected chi connectivity index (χ1v) is 17.6. The van der Waals surface area contributed by atoms with Crippen LogP contribution in [0.3, 0.4) is 0 Å². The topological polar surface area (TPSA) is 133 Å². The molecule has 6 rings (SSSR count). The van der Waals surface area contributed by atoms with Crippen molar-refractivity contribution >= 4 is 35.5 Å². The van der Waals surface area contributed by atoms with Gasteiger partial charge in [-0.2, -0.15) is 12.6 Å². The van der Waals surface area contributed by atoms with Gasteiger partial charge in [-0.1, -0.05) is 0 Å². The number of aliphatic hydroxyl groups is 1. The molecule has 0 atom stereocenters. The number of aliphatic hydroxyl groups excluding tert-OH is 1. The first kappa shape index (κ1) is 37.3. The van der Waals surface area contributed by atoms with Crippen LogP contribution in [0.4, 0.5) is 17.1 Å². The molecule has 0 aliphatic carbocycles. The van der Waals surface area contributed by atoms with Crippen LogP contribution in [0, 0.1) is 0 Å². The number of phenols is 2. The van der Waals surface area contributed by atoms with Crippen LogP contribution in [0.2, 0.25) is 0 Å². The second kappa shape index (κ2) is 18.3. The van der Waals surface area contributed by atoms with E-state index >= 15 is 0 Å². The summed E-state index contributed by atoms with van der Waals surface area (Å²) < 4.78 is 23.4. The predicted octanol–water partition coefficient (Wildman–Crippen LogP) is 8.64. The zero-order valence-electron chi connectivity index (χ0n) is 29.1. The first-order valence-electron chi connectivity index (χ1n) is 17.0. The number of benzene rings is 6. The number of carbonyl (C=O) groups excluding carboxylic acids is 1. The average Bonchev–Trinajstić information content (AvgIpc) is 3.20. The van der Waals surface area contributed by atoms with E-state index in [0.29, 0.717) is 53.6 Å². The Bertz CT molecular complexity index is 2060. The van der Waals surface area contributed by atoms with Crippen molar-refractivity contribution in [2.75, 3.05) is 47.5 Å². The van der Waals surface area contributed by atoms with Crippen LogP contribution in [0.25, 0.3) is 0 Å². The molecule has 0 aromatic heterocycles. The summed E-state index contributed by atoms with van der Waals surface area (Å²) in [6.45, 7) is 0.419. The highest BCUT2D eigenvalue weighted by Crippen LogP contribution is 2.30. The lowest BCUT2D eigenvalue weighted by molar-refractivity contribution is -0.118. The number of ketones is 1. The number of nitrogens with zero attached hydrogens (tertiary/aromatic N) is 2. The maximum atomic E-state index is 11.5. The number of thiol groups is 1. The molecule has 0 saturated heterocycles. The third-order valence-corrected chi connectivity index (χ3v) is 8.38. The Morgan fingerprint density at radius 1 is 0.537 bits per heavy atom. The third kappa shape index (κ3) is 10.8. The van der Waals surface area contributed by atoms with E-state index in [4.69, 9.17) is 18.9 Å². The number of hydrogen-bond acceptors (Lipinski definition) is 12. The average molecular weight is 746 g/mol. The van der Waals surface area contributed by atoms with Crippen LogP contribution in [0.15, 0.2) is 146 Å². The first-order chi connectivity index (χ1) is 26.3. The SMILES string of the molecule is O=C(CS)COc1ccc(Oc2ccc(N(CNc3ccc(Oc4ccc(O)cc4)cc3)CN(CO)c3ccc(Oc4ccc(O)cc4)cc3)cc2)cc1. The Morgan fingerprint density at radius 3 is 1.33 bits per heavy atom. The zero-order valence-corrected chi connectivity index (χ0v) is 30.0. The molecular formula is C42H39N3O8S. The van der Waals surface area contributed by atoms with Crippen LogP contribution < -0.4 is 34.1 Å². The minimum Gasteiger partial charge on any atom is -0.508 e. The number of ether oxygens (including phenoxy) is 4. The van der Waals surface area contributed by atoms with Crippen LogP contribution in [0.1, 0.15) is 0 Å². The Labute approximate surface area is 318 Å².